The lowest BCUT2D eigenvalue weighted by Crippen LogP contribution is -2.30. The second-order valence-corrected chi connectivity index (χ2v) is 8.85. The van der Waals surface area contributed by atoms with Crippen LogP contribution in [0.4, 0.5) is 14.6 Å². The summed E-state index contributed by atoms with van der Waals surface area (Å²) >= 11 is 0. The minimum Gasteiger partial charge on any atom is -0.457 e. The highest BCUT2D eigenvalue weighted by Gasteiger charge is 2.18. The van der Waals surface area contributed by atoms with Crippen LogP contribution in [0.5, 0.6) is 11.5 Å². The van der Waals surface area contributed by atoms with Crippen molar-refractivity contribution < 1.29 is 18.3 Å². The molecule has 4 rings (SSSR count). The minimum absolute atomic E-state index is 0.00520. The predicted molar refractivity (Wildman–Crippen MR) is 139 cm³/mol. The number of nitrogens with one attached hydrogen (secondary N) is 1. The number of hydrogen-bond acceptors (Lipinski definition) is 4. The van der Waals surface area contributed by atoms with E-state index in [0.717, 1.165) is 11.1 Å². The molecule has 0 bridgehead atoms. The summed E-state index contributed by atoms with van der Waals surface area (Å²) < 4.78 is 35.0. The predicted octanol–water partition coefficient (Wildman–Crippen LogP) is 6.32. The van der Waals surface area contributed by atoms with Gasteiger partial charge in [-0.25, -0.2) is 13.8 Å². The summed E-state index contributed by atoms with van der Waals surface area (Å²) in [6.45, 7) is 5.56. The van der Waals surface area contributed by atoms with Gasteiger partial charge in [-0.3, -0.25) is 14.2 Å². The van der Waals surface area contributed by atoms with E-state index in [1.807, 2.05) is 38.1 Å². The molecule has 190 valence electrons. The van der Waals surface area contributed by atoms with Gasteiger partial charge in [0, 0.05) is 17.5 Å². The number of ether oxygens (including phenoxy) is 1. The van der Waals surface area contributed by atoms with Crippen LogP contribution in [0.25, 0.3) is 11.3 Å². The zero-order valence-electron chi connectivity index (χ0n) is 20.8. The summed E-state index contributed by atoms with van der Waals surface area (Å²) in [5.74, 6) is -1.12. The van der Waals surface area contributed by atoms with Gasteiger partial charge < -0.3 is 10.1 Å². The smallest absolute Gasteiger partial charge is 0.294 e. The van der Waals surface area contributed by atoms with Gasteiger partial charge in [0.2, 0.25) is 5.91 Å². The number of hydrogen-bond donors (Lipinski definition) is 1. The van der Waals surface area contributed by atoms with Crippen LogP contribution >= 0.6 is 0 Å². The highest BCUT2D eigenvalue weighted by molar-refractivity contribution is 5.91. The Kier molecular flexibility index (Phi) is 7.77. The molecule has 1 atom stereocenters. The molecule has 0 saturated carbocycles. The van der Waals surface area contributed by atoms with Crippen molar-refractivity contribution in [3.8, 4) is 22.8 Å². The average Bonchev–Trinajstić information content (AvgIpc) is 2.87. The monoisotopic (exact) mass is 503 g/mol. The molecule has 8 heteroatoms. The molecule has 0 fully saturated rings. The van der Waals surface area contributed by atoms with Crippen molar-refractivity contribution >= 4 is 11.7 Å². The molecule has 0 aliphatic heterocycles. The summed E-state index contributed by atoms with van der Waals surface area (Å²) in [7, 11) is 0. The lowest BCUT2D eigenvalue weighted by molar-refractivity contribution is -0.119. The molecule has 6 nitrogen and oxygen atoms in total. The molecule has 0 aliphatic carbocycles. The second kappa shape index (κ2) is 11.2. The zero-order chi connectivity index (χ0) is 26.5. The third-order valence-electron chi connectivity index (χ3n) is 6.10. The molecule has 37 heavy (non-hydrogen) atoms. The molecule has 4 aromatic rings. The number of carbonyl (C=O) groups is 1. The lowest BCUT2D eigenvalue weighted by Gasteiger charge is -2.17. The van der Waals surface area contributed by atoms with Crippen LogP contribution in [0.3, 0.4) is 0 Å². The van der Waals surface area contributed by atoms with Gasteiger partial charge in [0.15, 0.2) is 5.82 Å². The maximum Gasteiger partial charge on any atom is 0.294 e. The lowest BCUT2D eigenvalue weighted by atomic mass is 10.1. The molecule has 1 amide bonds. The van der Waals surface area contributed by atoms with Crippen LogP contribution in [-0.4, -0.2) is 15.5 Å². The van der Waals surface area contributed by atoms with E-state index < -0.39 is 17.2 Å². The van der Waals surface area contributed by atoms with E-state index in [1.54, 1.807) is 13.0 Å². The Balaban J connectivity index is 1.76. The van der Waals surface area contributed by atoms with Crippen molar-refractivity contribution in [3.05, 3.63) is 106 Å². The van der Waals surface area contributed by atoms with Gasteiger partial charge in [0.05, 0.1) is 18.4 Å². The fraction of sp³-hybridized carbons (Fsp3) is 0.207. The molecule has 1 heterocycles. The van der Waals surface area contributed by atoms with Crippen LogP contribution < -0.4 is 15.6 Å². The Morgan fingerprint density at radius 3 is 2.46 bits per heavy atom. The topological polar surface area (TPSA) is 73.2 Å². The number of aromatic nitrogens is 2. The van der Waals surface area contributed by atoms with E-state index in [0.29, 0.717) is 23.4 Å². The van der Waals surface area contributed by atoms with Gasteiger partial charge in [-0.15, -0.1) is 0 Å². The van der Waals surface area contributed by atoms with Crippen molar-refractivity contribution in [2.24, 2.45) is 5.92 Å². The first-order valence-corrected chi connectivity index (χ1v) is 11.9. The third kappa shape index (κ3) is 6.09. The third-order valence-corrected chi connectivity index (χ3v) is 6.10. The maximum atomic E-state index is 14.6. The van der Waals surface area contributed by atoms with Crippen LogP contribution in [0.15, 0.2) is 77.7 Å². The fourth-order valence-corrected chi connectivity index (χ4v) is 3.82. The molecule has 1 N–H and O–H groups in total. The molecule has 0 saturated heterocycles. The van der Waals surface area contributed by atoms with Crippen molar-refractivity contribution in [2.45, 2.75) is 33.7 Å². The SMILES string of the molecule is CC[C@@H](C)C(=O)Nc1ncc(-c2ccccc2C)n(Cc2cc(F)cc(Oc3ccc(F)cc3)c2)c1=O. The standard InChI is InChI=1S/C29H27F2N3O3/c1-4-18(2)28(35)33-27-29(36)34(26(16-32-27)25-8-6-5-7-19(25)3)17-20-13-22(31)15-24(14-20)37-23-11-9-21(30)10-12-23/h5-16,18H,4,17H2,1-3H3,(H,32,33,35)/t18-/m1/s1. The molecule has 3 aromatic carbocycles. The summed E-state index contributed by atoms with van der Waals surface area (Å²) in [5.41, 5.74) is 2.18. The van der Waals surface area contributed by atoms with Gasteiger partial charge in [0.25, 0.3) is 5.56 Å². The van der Waals surface area contributed by atoms with Crippen LogP contribution in [0.2, 0.25) is 0 Å². The molecule has 1 aromatic heterocycles. The van der Waals surface area contributed by atoms with E-state index in [4.69, 9.17) is 4.74 Å². The van der Waals surface area contributed by atoms with Gasteiger partial charge >= 0.3 is 0 Å². The fourth-order valence-electron chi connectivity index (χ4n) is 3.82. The largest absolute Gasteiger partial charge is 0.457 e. The van der Waals surface area contributed by atoms with E-state index in [2.05, 4.69) is 10.3 Å². The first-order chi connectivity index (χ1) is 17.7. The number of nitrogens with zero attached hydrogens (tertiary/aromatic N) is 2. The van der Waals surface area contributed by atoms with Gasteiger partial charge in [0.1, 0.15) is 23.1 Å². The van der Waals surface area contributed by atoms with Crippen molar-refractivity contribution in [3.63, 3.8) is 0 Å². The number of amides is 1. The van der Waals surface area contributed by atoms with Crippen LogP contribution in [-0.2, 0) is 11.3 Å². The molecular weight excluding hydrogens is 476 g/mol. The number of halogens is 2. The Morgan fingerprint density at radius 1 is 1.03 bits per heavy atom. The Hall–Kier alpha value is -4.33. The number of anilines is 1. The first kappa shape index (κ1) is 25.8. The van der Waals surface area contributed by atoms with Crippen LogP contribution in [0, 0.1) is 24.5 Å². The van der Waals surface area contributed by atoms with Crippen molar-refractivity contribution in [1.29, 1.82) is 0 Å². The average molecular weight is 504 g/mol. The normalized spacial score (nSPS) is 11.7. The van der Waals surface area contributed by atoms with Crippen molar-refractivity contribution in [1.82, 2.24) is 9.55 Å². The summed E-state index contributed by atoms with van der Waals surface area (Å²) in [6.07, 6.45) is 2.15. The summed E-state index contributed by atoms with van der Waals surface area (Å²) in [4.78, 5) is 30.3. The number of rotatable bonds is 8. The molecule has 0 unspecified atom stereocenters. The Bertz CT molecular complexity index is 1480. The van der Waals surface area contributed by atoms with Gasteiger partial charge in [-0.05, 0) is 60.9 Å². The van der Waals surface area contributed by atoms with Crippen LogP contribution in [0.1, 0.15) is 31.4 Å². The van der Waals surface area contributed by atoms with E-state index >= 15 is 0 Å². The second-order valence-electron chi connectivity index (χ2n) is 8.85. The van der Waals surface area contributed by atoms with Gasteiger partial charge in [-0.2, -0.15) is 0 Å². The van der Waals surface area contributed by atoms with E-state index in [9.17, 15) is 18.4 Å². The number of aryl methyl sites for hydroxylation is 1. The Morgan fingerprint density at radius 2 is 1.76 bits per heavy atom. The van der Waals surface area contributed by atoms with E-state index in [1.165, 1.54) is 47.2 Å². The summed E-state index contributed by atoms with van der Waals surface area (Å²) in [5, 5.41) is 2.63. The summed E-state index contributed by atoms with van der Waals surface area (Å²) in [6, 6.07) is 17.0. The highest BCUT2D eigenvalue weighted by atomic mass is 19.1. The minimum atomic E-state index is -0.556. The zero-order valence-corrected chi connectivity index (χ0v) is 20.8. The quantitative estimate of drug-likeness (QED) is 0.305. The molecule has 0 radical (unpaired) electrons. The number of carbonyl (C=O) groups excluding carboxylic acids is 1. The molecular formula is C29H27F2N3O3. The highest BCUT2D eigenvalue weighted by Crippen LogP contribution is 2.26. The molecule has 0 aliphatic rings. The Labute approximate surface area is 213 Å². The molecule has 0 spiro atoms. The first-order valence-electron chi connectivity index (χ1n) is 11.9. The van der Waals surface area contributed by atoms with E-state index in [-0.39, 0.29) is 29.9 Å². The van der Waals surface area contributed by atoms with Gasteiger partial charge in [-0.1, -0.05) is 38.1 Å². The van der Waals surface area contributed by atoms with Crippen molar-refractivity contribution in [2.75, 3.05) is 5.32 Å². The number of benzene rings is 3. The maximum absolute atomic E-state index is 14.6.